The molecule has 0 bridgehead atoms. The van der Waals surface area contributed by atoms with Gasteiger partial charge in [-0.25, -0.2) is 0 Å². The van der Waals surface area contributed by atoms with Crippen molar-refractivity contribution in [2.45, 2.75) is 20.0 Å². The highest BCUT2D eigenvalue weighted by Crippen LogP contribution is 2.27. The molecular weight excluding hydrogens is 264 g/mol. The fourth-order valence-corrected chi connectivity index (χ4v) is 2.13. The summed E-state index contributed by atoms with van der Waals surface area (Å²) in [5, 5.41) is 9.07. The van der Waals surface area contributed by atoms with Gasteiger partial charge in [0, 0.05) is 24.2 Å². The minimum atomic E-state index is 0.344. The van der Waals surface area contributed by atoms with Crippen molar-refractivity contribution in [1.29, 1.82) is 0 Å². The van der Waals surface area contributed by atoms with E-state index in [-0.39, 0.29) is 0 Å². The lowest BCUT2D eigenvalue weighted by Gasteiger charge is -2.11. The van der Waals surface area contributed by atoms with Crippen molar-refractivity contribution in [2.75, 3.05) is 13.7 Å². The Hall–Kier alpha value is -1.43. The number of benzene rings is 1. The first kappa shape index (κ1) is 14.0. The third kappa shape index (κ3) is 2.78. The molecule has 0 saturated heterocycles. The zero-order valence-electron chi connectivity index (χ0n) is 11.1. The normalized spacial score (nSPS) is 10.9. The molecule has 0 unspecified atom stereocenters. The average Bonchev–Trinajstić information content (AvgIpc) is 2.82. The molecule has 0 atom stereocenters. The SMILES string of the molecule is COCCn1c(CN)nnc1-c1cccc(Cl)c1C. The zero-order valence-corrected chi connectivity index (χ0v) is 11.8. The number of hydrogen-bond acceptors (Lipinski definition) is 4. The van der Waals surface area contributed by atoms with E-state index < -0.39 is 0 Å². The van der Waals surface area contributed by atoms with Crippen LogP contribution < -0.4 is 5.73 Å². The van der Waals surface area contributed by atoms with Crippen LogP contribution in [0.3, 0.4) is 0 Å². The Morgan fingerprint density at radius 3 is 2.84 bits per heavy atom. The van der Waals surface area contributed by atoms with Crippen LogP contribution in [0.2, 0.25) is 5.02 Å². The highest BCUT2D eigenvalue weighted by Gasteiger charge is 2.15. The molecule has 102 valence electrons. The molecule has 5 nitrogen and oxygen atoms in total. The molecule has 0 radical (unpaired) electrons. The summed E-state index contributed by atoms with van der Waals surface area (Å²) in [6, 6.07) is 5.75. The quantitative estimate of drug-likeness (QED) is 0.910. The van der Waals surface area contributed by atoms with E-state index in [0.717, 1.165) is 22.8 Å². The van der Waals surface area contributed by atoms with Crippen LogP contribution in [0.25, 0.3) is 11.4 Å². The lowest BCUT2D eigenvalue weighted by molar-refractivity contribution is 0.186. The van der Waals surface area contributed by atoms with Gasteiger partial charge in [-0.3, -0.25) is 0 Å². The molecule has 0 aliphatic rings. The zero-order chi connectivity index (χ0) is 13.8. The molecule has 2 aromatic rings. The first-order valence-corrected chi connectivity index (χ1v) is 6.43. The molecule has 1 heterocycles. The minimum Gasteiger partial charge on any atom is -0.383 e. The van der Waals surface area contributed by atoms with E-state index in [9.17, 15) is 0 Å². The van der Waals surface area contributed by atoms with Gasteiger partial charge in [0.1, 0.15) is 5.82 Å². The van der Waals surface area contributed by atoms with Gasteiger partial charge in [-0.2, -0.15) is 0 Å². The average molecular weight is 281 g/mol. The van der Waals surface area contributed by atoms with Gasteiger partial charge in [-0.05, 0) is 18.6 Å². The molecule has 2 N–H and O–H groups in total. The lowest BCUT2D eigenvalue weighted by atomic mass is 10.1. The van der Waals surface area contributed by atoms with Crippen LogP contribution in [0.1, 0.15) is 11.4 Å². The van der Waals surface area contributed by atoms with E-state index in [2.05, 4.69) is 10.2 Å². The van der Waals surface area contributed by atoms with Crippen LogP contribution in [0.5, 0.6) is 0 Å². The van der Waals surface area contributed by atoms with Gasteiger partial charge < -0.3 is 15.0 Å². The van der Waals surface area contributed by atoms with Gasteiger partial charge in [-0.1, -0.05) is 23.7 Å². The fraction of sp³-hybridized carbons (Fsp3) is 0.385. The van der Waals surface area contributed by atoms with Crippen molar-refractivity contribution in [3.63, 3.8) is 0 Å². The maximum atomic E-state index is 6.15. The second-order valence-electron chi connectivity index (χ2n) is 4.20. The highest BCUT2D eigenvalue weighted by molar-refractivity contribution is 6.31. The Labute approximate surface area is 117 Å². The van der Waals surface area contributed by atoms with Crippen LogP contribution in [0.4, 0.5) is 0 Å². The molecule has 6 heteroatoms. The van der Waals surface area contributed by atoms with Gasteiger partial charge in [0.15, 0.2) is 5.82 Å². The van der Waals surface area contributed by atoms with E-state index in [1.54, 1.807) is 7.11 Å². The molecule has 19 heavy (non-hydrogen) atoms. The molecule has 2 rings (SSSR count). The Morgan fingerprint density at radius 2 is 2.16 bits per heavy atom. The van der Waals surface area contributed by atoms with Crippen molar-refractivity contribution in [1.82, 2.24) is 14.8 Å². The summed E-state index contributed by atoms with van der Waals surface area (Å²) in [5.74, 6) is 1.52. The van der Waals surface area contributed by atoms with E-state index in [4.69, 9.17) is 22.1 Å². The van der Waals surface area contributed by atoms with E-state index in [1.807, 2.05) is 29.7 Å². The van der Waals surface area contributed by atoms with Gasteiger partial charge in [-0.15, -0.1) is 10.2 Å². The third-order valence-electron chi connectivity index (χ3n) is 3.04. The standard InChI is InChI=1S/C13H17ClN4O/c1-9-10(4-3-5-11(9)14)13-17-16-12(8-15)18(13)6-7-19-2/h3-5H,6-8,15H2,1-2H3. The number of ether oxygens (including phenoxy) is 1. The predicted molar refractivity (Wildman–Crippen MR) is 75.0 cm³/mol. The Morgan fingerprint density at radius 1 is 1.37 bits per heavy atom. The van der Waals surface area contributed by atoms with E-state index >= 15 is 0 Å². The van der Waals surface area contributed by atoms with Crippen molar-refractivity contribution < 1.29 is 4.74 Å². The van der Waals surface area contributed by atoms with Gasteiger partial charge in [0.05, 0.1) is 13.2 Å². The Kier molecular flexibility index (Phi) is 4.52. The summed E-state index contributed by atoms with van der Waals surface area (Å²) in [6.07, 6.45) is 0. The topological polar surface area (TPSA) is 66.0 Å². The second-order valence-corrected chi connectivity index (χ2v) is 4.61. The molecule has 1 aromatic carbocycles. The van der Waals surface area contributed by atoms with Crippen LogP contribution in [-0.4, -0.2) is 28.5 Å². The Balaban J connectivity index is 2.49. The van der Waals surface area contributed by atoms with Crippen LogP contribution in [-0.2, 0) is 17.8 Å². The molecule has 0 saturated carbocycles. The first-order chi connectivity index (χ1) is 9.19. The smallest absolute Gasteiger partial charge is 0.164 e. The van der Waals surface area contributed by atoms with Gasteiger partial charge in [0.2, 0.25) is 0 Å². The second kappa shape index (κ2) is 6.14. The number of nitrogens with two attached hydrogens (primary N) is 1. The predicted octanol–water partition coefficient (Wildman–Crippen LogP) is 2.01. The summed E-state index contributed by atoms with van der Waals surface area (Å²) in [7, 11) is 1.66. The monoisotopic (exact) mass is 280 g/mol. The Bertz CT molecular complexity index is 568. The third-order valence-corrected chi connectivity index (χ3v) is 3.45. The number of hydrogen-bond donors (Lipinski definition) is 1. The summed E-state index contributed by atoms with van der Waals surface area (Å²) >= 11 is 6.15. The number of aromatic nitrogens is 3. The maximum Gasteiger partial charge on any atom is 0.164 e. The van der Waals surface area contributed by atoms with Crippen molar-refractivity contribution in [2.24, 2.45) is 5.73 Å². The summed E-state index contributed by atoms with van der Waals surface area (Å²) in [5.41, 5.74) is 7.64. The number of nitrogens with zero attached hydrogens (tertiary/aromatic N) is 3. The molecule has 1 aromatic heterocycles. The summed E-state index contributed by atoms with van der Waals surface area (Å²) in [6.45, 7) is 3.56. The fourth-order valence-electron chi connectivity index (χ4n) is 1.95. The lowest BCUT2D eigenvalue weighted by Crippen LogP contribution is -2.13. The van der Waals surface area contributed by atoms with Crippen LogP contribution in [0.15, 0.2) is 18.2 Å². The molecule has 0 aliphatic carbocycles. The van der Waals surface area contributed by atoms with Crippen LogP contribution in [0, 0.1) is 6.92 Å². The molecule has 0 spiro atoms. The highest BCUT2D eigenvalue weighted by atomic mass is 35.5. The summed E-state index contributed by atoms with van der Waals surface area (Å²) < 4.78 is 7.09. The molecular formula is C13H17ClN4O. The first-order valence-electron chi connectivity index (χ1n) is 6.05. The van der Waals surface area contributed by atoms with E-state index in [0.29, 0.717) is 24.7 Å². The van der Waals surface area contributed by atoms with Crippen molar-refractivity contribution >= 4 is 11.6 Å². The number of rotatable bonds is 5. The summed E-state index contributed by atoms with van der Waals surface area (Å²) in [4.78, 5) is 0. The van der Waals surface area contributed by atoms with Gasteiger partial charge in [0.25, 0.3) is 0 Å². The van der Waals surface area contributed by atoms with Crippen molar-refractivity contribution in [3.8, 4) is 11.4 Å². The van der Waals surface area contributed by atoms with Crippen LogP contribution >= 0.6 is 11.6 Å². The van der Waals surface area contributed by atoms with Gasteiger partial charge >= 0.3 is 0 Å². The number of methoxy groups -OCH3 is 1. The maximum absolute atomic E-state index is 6.15. The number of halogens is 1. The molecule has 0 fully saturated rings. The molecule has 0 aliphatic heterocycles. The van der Waals surface area contributed by atoms with Crippen molar-refractivity contribution in [3.05, 3.63) is 34.6 Å². The largest absolute Gasteiger partial charge is 0.383 e. The minimum absolute atomic E-state index is 0.344. The van der Waals surface area contributed by atoms with E-state index in [1.165, 1.54) is 0 Å². The molecule has 0 amide bonds.